The Morgan fingerprint density at radius 2 is 1.53 bits per heavy atom. The van der Waals surface area contributed by atoms with Gasteiger partial charge in [0.05, 0.1) is 11.4 Å². The lowest BCUT2D eigenvalue weighted by Gasteiger charge is -2.07. The normalized spacial score (nSPS) is 11.7. The molecule has 0 spiro atoms. The summed E-state index contributed by atoms with van der Waals surface area (Å²) in [6, 6.07) is 8.68. The summed E-state index contributed by atoms with van der Waals surface area (Å²) in [5, 5.41) is 0. The second kappa shape index (κ2) is 7.26. The third kappa shape index (κ3) is 6.44. The van der Waals surface area contributed by atoms with E-state index in [1.54, 1.807) is 42.7 Å². The fourth-order valence-electron chi connectivity index (χ4n) is 1.04. The molecule has 1 N–H and O–H groups in total. The number of nitrogens with zero attached hydrogens (tertiary/aromatic N) is 1. The minimum atomic E-state index is -1.40. The highest BCUT2D eigenvalue weighted by Crippen LogP contribution is 2.37. The van der Waals surface area contributed by atoms with Crippen LogP contribution in [-0.4, -0.2) is 9.97 Å². The van der Waals surface area contributed by atoms with Crippen molar-refractivity contribution in [3.8, 4) is 0 Å². The average Bonchev–Trinajstić information content (AvgIpc) is 2.83. The first-order chi connectivity index (χ1) is 8.71. The van der Waals surface area contributed by atoms with E-state index >= 15 is 0 Å². The van der Waals surface area contributed by atoms with Gasteiger partial charge in [-0.25, -0.2) is 0 Å². The smallest absolute Gasteiger partial charge is 0.232 e. The van der Waals surface area contributed by atoms with E-state index in [1.165, 1.54) is 0 Å². The van der Waals surface area contributed by atoms with Crippen molar-refractivity contribution in [3.05, 3.63) is 54.1 Å². The minimum Gasteiger partial charge on any atom is -0.362 e. The molecular weight excluding hydrogens is 373 g/mol. The van der Waals surface area contributed by atoms with Crippen molar-refractivity contribution in [2.45, 2.75) is 7.59 Å². The molecule has 0 bridgehead atoms. The second-order valence-corrected chi connectivity index (χ2v) is 7.86. The number of nitrogens with one attached hydrogen (secondary N) is 1. The van der Waals surface area contributed by atoms with Gasteiger partial charge >= 0.3 is 0 Å². The molecule has 0 radical (unpaired) electrons. The zero-order valence-corrected chi connectivity index (χ0v) is 13.8. The van der Waals surface area contributed by atoms with Crippen molar-refractivity contribution in [3.63, 3.8) is 0 Å². The molecule has 8 heteroatoms. The zero-order chi connectivity index (χ0) is 14.5. The molecule has 0 atom stereocenters. The molecule has 0 saturated carbocycles. The fraction of sp³-hybridized carbons (Fsp3) is 0.182. The monoisotopic (exact) mass is 378 g/mol. The maximum absolute atomic E-state index is 5.53. The standard InChI is InChI=1S/C6H4Cl3N.C5H4Cl3N/c7-6(8,9)5-3-1-2-4-10-5;6-5(7,8)4-2-1-3-9-4/h1-4H;1-3,9H. The highest BCUT2D eigenvalue weighted by molar-refractivity contribution is 6.67. The predicted octanol–water partition coefficient (Wildman–Crippen LogP) is 5.75. The summed E-state index contributed by atoms with van der Waals surface area (Å²) < 4.78 is -2.72. The summed E-state index contributed by atoms with van der Waals surface area (Å²) in [6.07, 6.45) is 3.29. The molecule has 104 valence electrons. The van der Waals surface area contributed by atoms with Crippen molar-refractivity contribution in [1.29, 1.82) is 0 Å². The van der Waals surface area contributed by atoms with Gasteiger partial charge in [-0.2, -0.15) is 0 Å². The van der Waals surface area contributed by atoms with Crippen LogP contribution in [0.4, 0.5) is 0 Å². The molecule has 2 heterocycles. The number of halogens is 6. The molecule has 0 unspecified atom stereocenters. The lowest BCUT2D eigenvalue weighted by atomic mass is 10.4. The lowest BCUT2D eigenvalue weighted by molar-refractivity contribution is 1.09. The summed E-state index contributed by atoms with van der Waals surface area (Å²) >= 11 is 33.1. The van der Waals surface area contributed by atoms with Crippen LogP contribution in [-0.2, 0) is 7.59 Å². The van der Waals surface area contributed by atoms with Crippen LogP contribution in [0.3, 0.4) is 0 Å². The first-order valence-corrected chi connectivity index (χ1v) is 7.17. The molecule has 2 aromatic heterocycles. The second-order valence-electron chi connectivity index (χ2n) is 3.29. The van der Waals surface area contributed by atoms with Gasteiger partial charge in [-0.15, -0.1) is 0 Å². The number of aromatic nitrogens is 2. The van der Waals surface area contributed by atoms with Gasteiger partial charge in [0.15, 0.2) is 0 Å². The highest BCUT2D eigenvalue weighted by atomic mass is 35.6. The van der Waals surface area contributed by atoms with Crippen LogP contribution in [0.15, 0.2) is 42.7 Å². The van der Waals surface area contributed by atoms with Gasteiger partial charge in [-0.3, -0.25) is 4.98 Å². The summed E-state index contributed by atoms with van der Waals surface area (Å²) in [6.45, 7) is 0. The first-order valence-electron chi connectivity index (χ1n) is 4.90. The Labute approximate surface area is 140 Å². The van der Waals surface area contributed by atoms with Crippen molar-refractivity contribution in [1.82, 2.24) is 9.97 Å². The van der Waals surface area contributed by atoms with Crippen molar-refractivity contribution in [2.75, 3.05) is 0 Å². The highest BCUT2D eigenvalue weighted by Gasteiger charge is 2.23. The Morgan fingerprint density at radius 1 is 0.842 bits per heavy atom. The Bertz CT molecular complexity index is 472. The molecule has 2 rings (SSSR count). The van der Waals surface area contributed by atoms with E-state index in [-0.39, 0.29) is 0 Å². The largest absolute Gasteiger partial charge is 0.362 e. The number of hydrogen-bond donors (Lipinski definition) is 1. The molecule has 0 aliphatic carbocycles. The summed E-state index contributed by atoms with van der Waals surface area (Å²) in [5.41, 5.74) is 1.03. The Kier molecular flexibility index (Phi) is 6.58. The Hall–Kier alpha value is 0.170. The Balaban J connectivity index is 0.000000191. The van der Waals surface area contributed by atoms with Crippen LogP contribution in [0.2, 0.25) is 0 Å². The van der Waals surface area contributed by atoms with Gasteiger partial charge in [0.25, 0.3) is 0 Å². The number of H-pyrrole nitrogens is 1. The van der Waals surface area contributed by atoms with Gasteiger partial charge in [-0.1, -0.05) is 75.7 Å². The molecule has 2 nitrogen and oxygen atoms in total. The lowest BCUT2D eigenvalue weighted by Crippen LogP contribution is -2.01. The van der Waals surface area contributed by atoms with Crippen LogP contribution in [0.5, 0.6) is 0 Å². The summed E-state index contributed by atoms with van der Waals surface area (Å²) in [7, 11) is 0. The Morgan fingerprint density at radius 3 is 1.79 bits per heavy atom. The zero-order valence-electron chi connectivity index (χ0n) is 9.26. The number of pyridine rings is 1. The molecule has 0 amide bonds. The van der Waals surface area contributed by atoms with E-state index < -0.39 is 7.59 Å². The molecule has 0 fully saturated rings. The molecule has 19 heavy (non-hydrogen) atoms. The SMILES string of the molecule is ClC(Cl)(Cl)c1ccc[nH]1.ClC(Cl)(Cl)c1ccccn1. The molecule has 0 saturated heterocycles. The topological polar surface area (TPSA) is 28.7 Å². The molecule has 0 aliphatic rings. The third-order valence-corrected chi connectivity index (χ3v) is 3.05. The maximum Gasteiger partial charge on any atom is 0.232 e. The number of aromatic amines is 1. The van der Waals surface area contributed by atoms with Gasteiger partial charge in [0.2, 0.25) is 7.59 Å². The van der Waals surface area contributed by atoms with E-state index in [2.05, 4.69) is 9.97 Å². The fourth-order valence-corrected chi connectivity index (χ4v) is 1.73. The summed E-state index contributed by atoms with van der Waals surface area (Å²) in [4.78, 5) is 6.64. The van der Waals surface area contributed by atoms with E-state index in [1.807, 2.05) is 0 Å². The number of hydrogen-bond acceptors (Lipinski definition) is 1. The average molecular weight is 381 g/mol. The molecule has 0 aliphatic heterocycles. The van der Waals surface area contributed by atoms with Crippen LogP contribution < -0.4 is 0 Å². The van der Waals surface area contributed by atoms with E-state index in [0.29, 0.717) is 11.4 Å². The van der Waals surface area contributed by atoms with E-state index in [0.717, 1.165) is 0 Å². The van der Waals surface area contributed by atoms with Gasteiger partial charge in [0, 0.05) is 12.4 Å². The molecule has 0 aromatic carbocycles. The van der Waals surface area contributed by atoms with Crippen LogP contribution >= 0.6 is 69.6 Å². The van der Waals surface area contributed by atoms with Gasteiger partial charge in [-0.05, 0) is 24.3 Å². The first kappa shape index (κ1) is 17.2. The van der Waals surface area contributed by atoms with Crippen molar-refractivity contribution >= 4 is 69.6 Å². The number of alkyl halides is 6. The van der Waals surface area contributed by atoms with Crippen LogP contribution in [0, 0.1) is 0 Å². The van der Waals surface area contributed by atoms with E-state index in [9.17, 15) is 0 Å². The van der Waals surface area contributed by atoms with Crippen molar-refractivity contribution < 1.29 is 0 Å². The predicted molar refractivity (Wildman–Crippen MR) is 83.5 cm³/mol. The number of rotatable bonds is 0. The summed E-state index contributed by atoms with van der Waals surface area (Å²) in [5.74, 6) is 0. The van der Waals surface area contributed by atoms with E-state index in [4.69, 9.17) is 69.6 Å². The van der Waals surface area contributed by atoms with Crippen LogP contribution in [0.1, 0.15) is 11.4 Å². The minimum absolute atomic E-state index is 0.444. The maximum atomic E-state index is 5.53. The third-order valence-electron chi connectivity index (χ3n) is 1.86. The molecule has 2 aromatic rings. The van der Waals surface area contributed by atoms with Crippen LogP contribution in [0.25, 0.3) is 0 Å². The van der Waals surface area contributed by atoms with Gasteiger partial charge in [0.1, 0.15) is 0 Å². The van der Waals surface area contributed by atoms with Gasteiger partial charge < -0.3 is 4.98 Å². The van der Waals surface area contributed by atoms with Crippen molar-refractivity contribution in [2.24, 2.45) is 0 Å². The quantitative estimate of drug-likeness (QED) is 0.579. The molecular formula is C11H8Cl6N2.